The second-order valence-corrected chi connectivity index (χ2v) is 4.76. The summed E-state index contributed by atoms with van der Waals surface area (Å²) in [6.45, 7) is 2.25. The van der Waals surface area contributed by atoms with Crippen molar-refractivity contribution in [1.82, 2.24) is 14.5 Å². The van der Waals surface area contributed by atoms with Crippen LogP contribution in [0.5, 0.6) is 0 Å². The SMILES string of the molecule is Cn1ccc2c(N3CCCCCC3)ncnc21. The van der Waals surface area contributed by atoms with Crippen LogP contribution in [0, 0.1) is 0 Å². The van der Waals surface area contributed by atoms with Crippen molar-refractivity contribution in [2.24, 2.45) is 7.05 Å². The largest absolute Gasteiger partial charge is 0.356 e. The van der Waals surface area contributed by atoms with E-state index in [1.165, 1.54) is 31.1 Å². The van der Waals surface area contributed by atoms with Crippen LogP contribution in [0.2, 0.25) is 0 Å². The summed E-state index contributed by atoms with van der Waals surface area (Å²) in [6.07, 6.45) is 8.99. The van der Waals surface area contributed by atoms with Gasteiger partial charge in [-0.1, -0.05) is 12.8 Å². The number of fused-ring (bicyclic) bond motifs is 1. The van der Waals surface area contributed by atoms with Gasteiger partial charge in [-0.15, -0.1) is 0 Å². The zero-order valence-corrected chi connectivity index (χ0v) is 10.3. The highest BCUT2D eigenvalue weighted by atomic mass is 15.2. The number of hydrogen-bond donors (Lipinski definition) is 0. The molecule has 1 aliphatic heterocycles. The fraction of sp³-hybridized carbons (Fsp3) is 0.538. The van der Waals surface area contributed by atoms with E-state index in [-0.39, 0.29) is 0 Å². The summed E-state index contributed by atoms with van der Waals surface area (Å²) in [6, 6.07) is 2.12. The third kappa shape index (κ3) is 1.88. The van der Waals surface area contributed by atoms with Crippen molar-refractivity contribution in [2.75, 3.05) is 18.0 Å². The first-order chi connectivity index (χ1) is 8.36. The molecule has 0 spiro atoms. The number of rotatable bonds is 1. The lowest BCUT2D eigenvalue weighted by Crippen LogP contribution is -2.25. The smallest absolute Gasteiger partial charge is 0.145 e. The van der Waals surface area contributed by atoms with Gasteiger partial charge in [0.2, 0.25) is 0 Å². The third-order valence-corrected chi connectivity index (χ3v) is 3.55. The Balaban J connectivity index is 2.03. The van der Waals surface area contributed by atoms with E-state index in [0.29, 0.717) is 0 Å². The molecule has 0 aromatic carbocycles. The highest BCUT2D eigenvalue weighted by Crippen LogP contribution is 2.25. The molecule has 17 heavy (non-hydrogen) atoms. The minimum atomic E-state index is 1.03. The van der Waals surface area contributed by atoms with Gasteiger partial charge in [0, 0.05) is 26.3 Å². The van der Waals surface area contributed by atoms with Crippen molar-refractivity contribution >= 4 is 16.9 Å². The number of anilines is 1. The van der Waals surface area contributed by atoms with E-state index in [2.05, 4.69) is 31.7 Å². The number of hydrogen-bond acceptors (Lipinski definition) is 3. The van der Waals surface area contributed by atoms with Crippen molar-refractivity contribution in [2.45, 2.75) is 25.7 Å². The van der Waals surface area contributed by atoms with Gasteiger partial charge in [-0.2, -0.15) is 0 Å². The normalized spacial score (nSPS) is 17.4. The minimum absolute atomic E-state index is 1.03. The molecular weight excluding hydrogens is 212 g/mol. The Kier molecular flexibility index (Phi) is 2.71. The lowest BCUT2D eigenvalue weighted by Gasteiger charge is -2.21. The molecule has 0 unspecified atom stereocenters. The average Bonchev–Trinajstić information content (AvgIpc) is 2.59. The van der Waals surface area contributed by atoms with Gasteiger partial charge >= 0.3 is 0 Å². The minimum Gasteiger partial charge on any atom is -0.356 e. The number of aromatic nitrogens is 3. The molecule has 4 nitrogen and oxygen atoms in total. The van der Waals surface area contributed by atoms with Gasteiger partial charge in [0.1, 0.15) is 17.8 Å². The Morgan fingerprint density at radius 3 is 2.59 bits per heavy atom. The molecule has 3 heterocycles. The van der Waals surface area contributed by atoms with Gasteiger partial charge in [0.25, 0.3) is 0 Å². The summed E-state index contributed by atoms with van der Waals surface area (Å²) in [5.41, 5.74) is 1.03. The molecule has 0 N–H and O–H groups in total. The van der Waals surface area contributed by atoms with Crippen LogP contribution in [0.4, 0.5) is 5.82 Å². The quantitative estimate of drug-likeness (QED) is 0.754. The lowest BCUT2D eigenvalue weighted by atomic mass is 10.2. The Morgan fingerprint density at radius 2 is 1.82 bits per heavy atom. The van der Waals surface area contributed by atoms with E-state index in [1.807, 2.05) is 7.05 Å². The molecule has 90 valence electrons. The van der Waals surface area contributed by atoms with Gasteiger partial charge in [-0.25, -0.2) is 9.97 Å². The Labute approximate surface area is 101 Å². The summed E-state index contributed by atoms with van der Waals surface area (Å²) in [5, 5.41) is 1.18. The van der Waals surface area contributed by atoms with Crippen molar-refractivity contribution in [1.29, 1.82) is 0 Å². The van der Waals surface area contributed by atoms with E-state index in [9.17, 15) is 0 Å². The van der Waals surface area contributed by atoms with Crippen LogP contribution in [0.1, 0.15) is 25.7 Å². The third-order valence-electron chi connectivity index (χ3n) is 3.55. The van der Waals surface area contributed by atoms with E-state index in [1.54, 1.807) is 6.33 Å². The second kappa shape index (κ2) is 4.35. The second-order valence-electron chi connectivity index (χ2n) is 4.76. The summed E-state index contributed by atoms with van der Waals surface area (Å²) in [7, 11) is 2.03. The summed E-state index contributed by atoms with van der Waals surface area (Å²) in [5.74, 6) is 1.11. The van der Waals surface area contributed by atoms with E-state index >= 15 is 0 Å². The fourth-order valence-electron chi connectivity index (χ4n) is 2.60. The summed E-state index contributed by atoms with van der Waals surface area (Å²) >= 11 is 0. The van der Waals surface area contributed by atoms with Gasteiger partial charge in [0.05, 0.1) is 5.39 Å². The first-order valence-corrected chi connectivity index (χ1v) is 6.37. The standard InChI is InChI=1S/C13H18N4/c1-16-9-6-11-12(16)14-10-15-13(11)17-7-4-2-3-5-8-17/h6,9-10H,2-5,7-8H2,1H3. The first-order valence-electron chi connectivity index (χ1n) is 6.37. The molecule has 0 amide bonds. The molecular formula is C13H18N4. The maximum atomic E-state index is 4.49. The van der Waals surface area contributed by atoms with Crippen LogP contribution >= 0.6 is 0 Å². The molecule has 2 aromatic rings. The molecule has 0 saturated carbocycles. The van der Waals surface area contributed by atoms with Crippen molar-refractivity contribution < 1.29 is 0 Å². The monoisotopic (exact) mass is 230 g/mol. The molecule has 4 heteroatoms. The number of nitrogens with zero attached hydrogens (tertiary/aromatic N) is 4. The Morgan fingerprint density at radius 1 is 1.06 bits per heavy atom. The predicted molar refractivity (Wildman–Crippen MR) is 69.2 cm³/mol. The van der Waals surface area contributed by atoms with Crippen LogP contribution in [-0.4, -0.2) is 27.6 Å². The highest BCUT2D eigenvalue weighted by Gasteiger charge is 2.15. The molecule has 0 radical (unpaired) electrons. The zero-order chi connectivity index (χ0) is 11.7. The first kappa shape index (κ1) is 10.6. The van der Waals surface area contributed by atoms with Crippen molar-refractivity contribution in [3.8, 4) is 0 Å². The molecule has 3 rings (SSSR count). The van der Waals surface area contributed by atoms with Crippen LogP contribution in [0.15, 0.2) is 18.6 Å². The molecule has 1 aliphatic rings. The predicted octanol–water partition coefficient (Wildman–Crippen LogP) is 2.35. The van der Waals surface area contributed by atoms with E-state index in [4.69, 9.17) is 0 Å². The van der Waals surface area contributed by atoms with Crippen LogP contribution in [0.25, 0.3) is 11.0 Å². The lowest BCUT2D eigenvalue weighted by molar-refractivity contribution is 0.726. The average molecular weight is 230 g/mol. The van der Waals surface area contributed by atoms with Crippen LogP contribution < -0.4 is 4.90 Å². The van der Waals surface area contributed by atoms with Gasteiger partial charge in [-0.3, -0.25) is 0 Å². The fourth-order valence-corrected chi connectivity index (χ4v) is 2.60. The zero-order valence-electron chi connectivity index (χ0n) is 10.3. The summed E-state index contributed by atoms with van der Waals surface area (Å²) in [4.78, 5) is 11.2. The Bertz CT molecular complexity index is 509. The molecule has 0 atom stereocenters. The molecule has 2 aromatic heterocycles. The van der Waals surface area contributed by atoms with Gasteiger partial charge < -0.3 is 9.47 Å². The molecule has 0 aliphatic carbocycles. The van der Waals surface area contributed by atoms with E-state index in [0.717, 1.165) is 24.6 Å². The number of aryl methyl sites for hydroxylation is 1. The topological polar surface area (TPSA) is 34.0 Å². The molecule has 1 saturated heterocycles. The molecule has 1 fully saturated rings. The highest BCUT2D eigenvalue weighted by molar-refractivity contribution is 5.87. The molecule has 0 bridgehead atoms. The van der Waals surface area contributed by atoms with Crippen LogP contribution in [-0.2, 0) is 7.05 Å². The van der Waals surface area contributed by atoms with Crippen molar-refractivity contribution in [3.05, 3.63) is 18.6 Å². The maximum Gasteiger partial charge on any atom is 0.145 e. The Hall–Kier alpha value is -1.58. The summed E-state index contributed by atoms with van der Waals surface area (Å²) < 4.78 is 2.05. The van der Waals surface area contributed by atoms with Crippen molar-refractivity contribution in [3.63, 3.8) is 0 Å². The van der Waals surface area contributed by atoms with E-state index < -0.39 is 0 Å². The van der Waals surface area contributed by atoms with Gasteiger partial charge in [-0.05, 0) is 18.9 Å². The maximum absolute atomic E-state index is 4.49. The van der Waals surface area contributed by atoms with Gasteiger partial charge in [0.15, 0.2) is 0 Å². The van der Waals surface area contributed by atoms with Crippen LogP contribution in [0.3, 0.4) is 0 Å².